The van der Waals surface area contributed by atoms with Crippen molar-refractivity contribution in [3.05, 3.63) is 40.2 Å². The molecule has 2 aromatic rings. The van der Waals surface area contributed by atoms with E-state index in [1.54, 1.807) is 19.1 Å². The van der Waals surface area contributed by atoms with Gasteiger partial charge in [-0.3, -0.25) is 19.2 Å². The molecule has 2 aromatic heterocycles. The molecule has 0 fully saturated rings. The lowest BCUT2D eigenvalue weighted by atomic mass is 9.83. The number of carbonyl (C=O) groups is 4. The van der Waals surface area contributed by atoms with Gasteiger partial charge in [-0.25, -0.2) is 9.67 Å². The highest BCUT2D eigenvalue weighted by atomic mass is 32.1. The topological polar surface area (TPSA) is 127 Å². The number of thiazole rings is 1. The maximum atomic E-state index is 12.1. The normalized spacial score (nSPS) is 19.6. The first kappa shape index (κ1) is 25.0. The Kier molecular flexibility index (Phi) is 7.15. The molecule has 0 saturated heterocycles. The standard InChI is InChI=1S/C23H25N3O7S/c1-7-23(33-16(6)30)9-8-17(21(31-14(4)28)22(23)32-15(5)29)20-18(10-26(25-20)13(3)27)19-11-34-12(2)24-19/h8-11,22H,7H2,1-6H3. The third kappa shape index (κ3) is 4.98. The van der Waals surface area contributed by atoms with Crippen molar-refractivity contribution in [1.29, 1.82) is 0 Å². The molecule has 0 spiro atoms. The van der Waals surface area contributed by atoms with E-state index in [0.717, 1.165) is 9.69 Å². The van der Waals surface area contributed by atoms with Crippen LogP contribution in [0.2, 0.25) is 0 Å². The van der Waals surface area contributed by atoms with E-state index < -0.39 is 29.6 Å². The van der Waals surface area contributed by atoms with Crippen LogP contribution in [0.3, 0.4) is 0 Å². The van der Waals surface area contributed by atoms with Crippen LogP contribution in [0.5, 0.6) is 0 Å². The highest BCUT2D eigenvalue weighted by Gasteiger charge is 2.48. The highest BCUT2D eigenvalue weighted by Crippen LogP contribution is 2.42. The van der Waals surface area contributed by atoms with Gasteiger partial charge in [0, 0.05) is 50.4 Å². The number of ether oxygens (including phenoxy) is 3. The Labute approximate surface area is 200 Å². The Bertz CT molecular complexity index is 1220. The fraction of sp³-hybridized carbons (Fsp3) is 0.391. The van der Waals surface area contributed by atoms with E-state index in [0.29, 0.717) is 16.8 Å². The molecule has 0 radical (unpaired) electrons. The zero-order valence-corrected chi connectivity index (χ0v) is 20.5. The van der Waals surface area contributed by atoms with E-state index >= 15 is 0 Å². The molecule has 0 saturated carbocycles. The molecular formula is C23H25N3O7S. The van der Waals surface area contributed by atoms with Gasteiger partial charge in [0.15, 0.2) is 11.4 Å². The van der Waals surface area contributed by atoms with E-state index in [1.807, 2.05) is 12.3 Å². The molecule has 34 heavy (non-hydrogen) atoms. The number of hydrogen-bond donors (Lipinski definition) is 0. The van der Waals surface area contributed by atoms with Gasteiger partial charge in [0.2, 0.25) is 12.0 Å². The smallest absolute Gasteiger partial charge is 0.307 e. The summed E-state index contributed by atoms with van der Waals surface area (Å²) in [7, 11) is 0. The molecule has 0 aliphatic heterocycles. The van der Waals surface area contributed by atoms with Gasteiger partial charge in [0.25, 0.3) is 0 Å². The van der Waals surface area contributed by atoms with Crippen LogP contribution in [-0.2, 0) is 28.6 Å². The molecule has 1 aliphatic rings. The zero-order chi connectivity index (χ0) is 25.2. The molecular weight excluding hydrogens is 462 g/mol. The maximum absolute atomic E-state index is 12.1. The first-order valence-corrected chi connectivity index (χ1v) is 11.4. The first-order chi connectivity index (χ1) is 16.0. The van der Waals surface area contributed by atoms with Gasteiger partial charge in [-0.15, -0.1) is 11.3 Å². The van der Waals surface area contributed by atoms with Gasteiger partial charge in [-0.05, 0) is 25.5 Å². The van der Waals surface area contributed by atoms with Crippen molar-refractivity contribution < 1.29 is 33.4 Å². The lowest BCUT2D eigenvalue weighted by Crippen LogP contribution is -2.49. The molecule has 2 atom stereocenters. The molecule has 2 unspecified atom stereocenters. The SMILES string of the molecule is CCC1(OC(C)=O)C=CC(c2nn(C(C)=O)cc2-c2csc(C)n2)=C(OC(C)=O)C1OC(C)=O. The summed E-state index contributed by atoms with van der Waals surface area (Å²) in [5, 5.41) is 7.03. The predicted molar refractivity (Wildman–Crippen MR) is 123 cm³/mol. The predicted octanol–water partition coefficient (Wildman–Crippen LogP) is 3.46. The van der Waals surface area contributed by atoms with Crippen LogP contribution < -0.4 is 0 Å². The van der Waals surface area contributed by atoms with E-state index in [-0.39, 0.29) is 23.8 Å². The van der Waals surface area contributed by atoms with Gasteiger partial charge in [0.05, 0.1) is 10.7 Å². The van der Waals surface area contributed by atoms with Crippen LogP contribution in [-0.4, -0.2) is 50.3 Å². The van der Waals surface area contributed by atoms with Crippen LogP contribution in [0.15, 0.2) is 29.5 Å². The summed E-state index contributed by atoms with van der Waals surface area (Å²) in [6.07, 6.45) is 3.65. The van der Waals surface area contributed by atoms with Gasteiger partial charge in [-0.1, -0.05) is 6.92 Å². The minimum Gasteiger partial charge on any atom is -0.450 e. The van der Waals surface area contributed by atoms with Crippen molar-refractivity contribution >= 4 is 40.7 Å². The molecule has 3 rings (SSSR count). The maximum Gasteiger partial charge on any atom is 0.307 e. The number of carbonyl (C=O) groups excluding carboxylic acids is 4. The fourth-order valence-electron chi connectivity index (χ4n) is 3.67. The van der Waals surface area contributed by atoms with Crippen LogP contribution in [0.1, 0.15) is 56.5 Å². The van der Waals surface area contributed by atoms with Crippen molar-refractivity contribution in [2.24, 2.45) is 0 Å². The third-order valence-corrected chi connectivity index (χ3v) is 5.86. The number of hydrogen-bond acceptors (Lipinski definition) is 10. The third-order valence-electron chi connectivity index (χ3n) is 5.09. The van der Waals surface area contributed by atoms with E-state index in [4.69, 9.17) is 14.2 Å². The van der Waals surface area contributed by atoms with Crippen molar-refractivity contribution in [1.82, 2.24) is 14.8 Å². The Balaban J connectivity index is 2.32. The summed E-state index contributed by atoms with van der Waals surface area (Å²) >= 11 is 1.42. The number of rotatable bonds is 6. The molecule has 0 N–H and O–H groups in total. The first-order valence-electron chi connectivity index (χ1n) is 10.5. The van der Waals surface area contributed by atoms with Crippen molar-refractivity contribution in [3.63, 3.8) is 0 Å². The number of aryl methyl sites for hydroxylation is 1. The lowest BCUT2D eigenvalue weighted by Gasteiger charge is -2.39. The average molecular weight is 488 g/mol. The van der Waals surface area contributed by atoms with E-state index in [2.05, 4.69) is 10.1 Å². The largest absolute Gasteiger partial charge is 0.450 e. The number of allylic oxidation sites excluding steroid dienone is 2. The van der Waals surface area contributed by atoms with Crippen LogP contribution >= 0.6 is 11.3 Å². The summed E-state index contributed by atoms with van der Waals surface area (Å²) in [5.41, 5.74) is 0.258. The average Bonchev–Trinajstić information content (AvgIpc) is 3.36. The quantitative estimate of drug-likeness (QED) is 0.444. The molecule has 0 bridgehead atoms. The molecule has 180 valence electrons. The lowest BCUT2D eigenvalue weighted by molar-refractivity contribution is -0.177. The Morgan fingerprint density at radius 1 is 1.12 bits per heavy atom. The van der Waals surface area contributed by atoms with Crippen molar-refractivity contribution in [2.45, 2.75) is 59.7 Å². The minimum absolute atomic E-state index is 0.0599. The van der Waals surface area contributed by atoms with E-state index in [1.165, 1.54) is 45.2 Å². The fourth-order valence-corrected chi connectivity index (χ4v) is 4.29. The molecule has 1 aliphatic carbocycles. The van der Waals surface area contributed by atoms with Crippen molar-refractivity contribution in [3.8, 4) is 11.3 Å². The van der Waals surface area contributed by atoms with Crippen LogP contribution in [0, 0.1) is 6.92 Å². The van der Waals surface area contributed by atoms with Gasteiger partial charge >= 0.3 is 17.9 Å². The molecule has 0 aromatic carbocycles. The Morgan fingerprint density at radius 3 is 2.32 bits per heavy atom. The van der Waals surface area contributed by atoms with Crippen LogP contribution in [0.25, 0.3) is 16.8 Å². The molecule has 2 heterocycles. The van der Waals surface area contributed by atoms with Crippen LogP contribution in [0.4, 0.5) is 0 Å². The number of aromatic nitrogens is 3. The van der Waals surface area contributed by atoms with Gasteiger partial charge in [0.1, 0.15) is 5.69 Å². The summed E-state index contributed by atoms with van der Waals surface area (Å²) < 4.78 is 17.8. The summed E-state index contributed by atoms with van der Waals surface area (Å²) in [5.74, 6) is -2.35. The second-order valence-electron chi connectivity index (χ2n) is 7.70. The summed E-state index contributed by atoms with van der Waals surface area (Å²) in [4.78, 5) is 52.7. The summed E-state index contributed by atoms with van der Waals surface area (Å²) in [6, 6.07) is 0. The molecule has 10 nitrogen and oxygen atoms in total. The van der Waals surface area contributed by atoms with Gasteiger partial charge < -0.3 is 14.2 Å². The Hall–Kier alpha value is -3.60. The number of esters is 3. The minimum atomic E-state index is -1.41. The molecule has 11 heteroatoms. The second-order valence-corrected chi connectivity index (χ2v) is 8.77. The monoisotopic (exact) mass is 487 g/mol. The summed E-state index contributed by atoms with van der Waals surface area (Å²) in [6.45, 7) is 8.58. The second kappa shape index (κ2) is 9.72. The van der Waals surface area contributed by atoms with E-state index in [9.17, 15) is 19.2 Å². The van der Waals surface area contributed by atoms with Crippen molar-refractivity contribution in [2.75, 3.05) is 0 Å². The Morgan fingerprint density at radius 2 is 1.82 bits per heavy atom. The molecule has 0 amide bonds. The highest BCUT2D eigenvalue weighted by molar-refractivity contribution is 7.09. The zero-order valence-electron chi connectivity index (χ0n) is 19.7. The number of nitrogens with zero attached hydrogens (tertiary/aromatic N) is 3. The van der Waals surface area contributed by atoms with Gasteiger partial charge in [-0.2, -0.15) is 5.10 Å².